The molecule has 0 spiro atoms. The molecule has 1 aromatic carbocycles. The first-order valence-corrected chi connectivity index (χ1v) is 6.84. The molecule has 2 aromatic rings. The third-order valence-corrected chi connectivity index (χ3v) is 3.06. The zero-order valence-electron chi connectivity index (χ0n) is 11.5. The Labute approximate surface area is 118 Å². The highest BCUT2D eigenvalue weighted by molar-refractivity contribution is 5.73. The summed E-state index contributed by atoms with van der Waals surface area (Å²) in [5.41, 5.74) is 7.37. The SMILES string of the molecule is NC(=O)CCCCNCc1ccc(-n2cccn2)cc1. The van der Waals surface area contributed by atoms with Gasteiger partial charge in [0.1, 0.15) is 0 Å². The Hall–Kier alpha value is -2.14. The fourth-order valence-electron chi connectivity index (χ4n) is 1.97. The van der Waals surface area contributed by atoms with E-state index < -0.39 is 0 Å². The molecular formula is C15H20N4O. The molecule has 0 fully saturated rings. The topological polar surface area (TPSA) is 72.9 Å². The average molecular weight is 272 g/mol. The van der Waals surface area contributed by atoms with Crippen molar-refractivity contribution in [2.75, 3.05) is 6.54 Å². The van der Waals surface area contributed by atoms with Crippen LogP contribution < -0.4 is 11.1 Å². The smallest absolute Gasteiger partial charge is 0.217 e. The minimum Gasteiger partial charge on any atom is -0.370 e. The lowest BCUT2D eigenvalue weighted by Crippen LogP contribution is -2.16. The lowest BCUT2D eigenvalue weighted by molar-refractivity contribution is -0.118. The number of hydrogen-bond donors (Lipinski definition) is 2. The second kappa shape index (κ2) is 7.45. The molecule has 0 unspecified atom stereocenters. The van der Waals surface area contributed by atoms with Gasteiger partial charge in [-0.25, -0.2) is 4.68 Å². The Bertz CT molecular complexity index is 519. The zero-order valence-corrected chi connectivity index (χ0v) is 11.5. The van der Waals surface area contributed by atoms with Gasteiger partial charge in [0, 0.05) is 25.4 Å². The van der Waals surface area contributed by atoms with Crippen LogP contribution in [0.2, 0.25) is 0 Å². The monoisotopic (exact) mass is 272 g/mol. The van der Waals surface area contributed by atoms with E-state index in [1.54, 1.807) is 6.20 Å². The van der Waals surface area contributed by atoms with Crippen LogP contribution in [0.25, 0.3) is 5.69 Å². The van der Waals surface area contributed by atoms with Crippen molar-refractivity contribution < 1.29 is 4.79 Å². The number of rotatable bonds is 8. The number of unbranched alkanes of at least 4 members (excludes halogenated alkanes) is 1. The van der Waals surface area contributed by atoms with Crippen LogP contribution in [0.5, 0.6) is 0 Å². The fraction of sp³-hybridized carbons (Fsp3) is 0.333. The van der Waals surface area contributed by atoms with Crippen LogP contribution >= 0.6 is 0 Å². The van der Waals surface area contributed by atoms with Gasteiger partial charge >= 0.3 is 0 Å². The molecule has 5 nitrogen and oxygen atoms in total. The number of nitrogens with two attached hydrogens (primary N) is 1. The Morgan fingerprint density at radius 3 is 2.70 bits per heavy atom. The molecule has 0 saturated carbocycles. The number of aromatic nitrogens is 2. The molecule has 0 radical (unpaired) electrons. The molecule has 1 heterocycles. The number of benzene rings is 1. The number of amides is 1. The first-order valence-electron chi connectivity index (χ1n) is 6.84. The summed E-state index contributed by atoms with van der Waals surface area (Å²) in [4.78, 5) is 10.6. The van der Waals surface area contributed by atoms with E-state index in [0.29, 0.717) is 6.42 Å². The van der Waals surface area contributed by atoms with Gasteiger partial charge in [0.2, 0.25) is 5.91 Å². The molecule has 3 N–H and O–H groups in total. The van der Waals surface area contributed by atoms with Crippen molar-refractivity contribution in [3.05, 3.63) is 48.3 Å². The quantitative estimate of drug-likeness (QED) is 0.717. The summed E-state index contributed by atoms with van der Waals surface area (Å²) in [6.07, 6.45) is 5.97. The Morgan fingerprint density at radius 2 is 2.05 bits per heavy atom. The predicted molar refractivity (Wildman–Crippen MR) is 78.3 cm³/mol. The number of nitrogens with one attached hydrogen (secondary N) is 1. The van der Waals surface area contributed by atoms with Crippen molar-refractivity contribution >= 4 is 5.91 Å². The molecular weight excluding hydrogens is 252 g/mol. The van der Waals surface area contributed by atoms with Gasteiger partial charge in [-0.3, -0.25) is 4.79 Å². The van der Waals surface area contributed by atoms with E-state index in [1.807, 2.05) is 16.9 Å². The lowest BCUT2D eigenvalue weighted by atomic mass is 10.2. The third kappa shape index (κ3) is 4.51. The van der Waals surface area contributed by atoms with Crippen molar-refractivity contribution in [3.8, 4) is 5.69 Å². The molecule has 0 atom stereocenters. The number of hydrogen-bond acceptors (Lipinski definition) is 3. The molecule has 2 rings (SSSR count). The van der Waals surface area contributed by atoms with Gasteiger partial charge in [-0.2, -0.15) is 5.10 Å². The predicted octanol–water partition coefficient (Wildman–Crippen LogP) is 1.62. The van der Waals surface area contributed by atoms with E-state index in [9.17, 15) is 4.79 Å². The third-order valence-electron chi connectivity index (χ3n) is 3.06. The Morgan fingerprint density at radius 1 is 1.25 bits per heavy atom. The number of nitrogens with zero attached hydrogens (tertiary/aromatic N) is 2. The summed E-state index contributed by atoms with van der Waals surface area (Å²) in [6.45, 7) is 1.73. The van der Waals surface area contributed by atoms with Gasteiger partial charge in [-0.1, -0.05) is 12.1 Å². The average Bonchev–Trinajstić information content (AvgIpc) is 2.97. The number of carbonyl (C=O) groups excluding carboxylic acids is 1. The van der Waals surface area contributed by atoms with E-state index >= 15 is 0 Å². The van der Waals surface area contributed by atoms with Gasteiger partial charge in [0.05, 0.1) is 5.69 Å². The maximum atomic E-state index is 10.6. The molecule has 1 amide bonds. The molecule has 0 aliphatic carbocycles. The van der Waals surface area contributed by atoms with Crippen molar-refractivity contribution in [3.63, 3.8) is 0 Å². The van der Waals surface area contributed by atoms with Crippen LogP contribution in [0.15, 0.2) is 42.7 Å². The minimum absolute atomic E-state index is 0.223. The fourth-order valence-corrected chi connectivity index (χ4v) is 1.97. The van der Waals surface area contributed by atoms with Gasteiger partial charge in [-0.05, 0) is 43.1 Å². The standard InChI is InChI=1S/C15H20N4O/c16-15(20)4-1-2-9-17-12-13-5-7-14(8-6-13)19-11-3-10-18-19/h3,5-8,10-11,17H,1-2,4,9,12H2,(H2,16,20). The summed E-state index contributed by atoms with van der Waals surface area (Å²) < 4.78 is 1.83. The van der Waals surface area contributed by atoms with Gasteiger partial charge in [0.25, 0.3) is 0 Å². The van der Waals surface area contributed by atoms with Gasteiger partial charge in [0.15, 0.2) is 0 Å². The van der Waals surface area contributed by atoms with E-state index in [1.165, 1.54) is 5.56 Å². The molecule has 0 aliphatic rings. The molecule has 106 valence electrons. The maximum absolute atomic E-state index is 10.6. The van der Waals surface area contributed by atoms with Crippen molar-refractivity contribution in [1.29, 1.82) is 0 Å². The molecule has 0 aliphatic heterocycles. The molecule has 1 aromatic heterocycles. The van der Waals surface area contributed by atoms with Crippen LogP contribution in [0.1, 0.15) is 24.8 Å². The van der Waals surface area contributed by atoms with Crippen LogP contribution in [-0.2, 0) is 11.3 Å². The summed E-state index contributed by atoms with van der Waals surface area (Å²) in [6, 6.07) is 10.2. The number of primary amides is 1. The van der Waals surface area contributed by atoms with Crippen molar-refractivity contribution in [2.24, 2.45) is 5.73 Å². The number of carbonyl (C=O) groups is 1. The van der Waals surface area contributed by atoms with Crippen LogP contribution in [0.4, 0.5) is 0 Å². The van der Waals surface area contributed by atoms with E-state index in [4.69, 9.17) is 5.73 Å². The first kappa shape index (κ1) is 14.3. The van der Waals surface area contributed by atoms with Gasteiger partial charge in [-0.15, -0.1) is 0 Å². The molecule has 20 heavy (non-hydrogen) atoms. The van der Waals surface area contributed by atoms with Crippen LogP contribution in [0.3, 0.4) is 0 Å². The van der Waals surface area contributed by atoms with Crippen LogP contribution in [0, 0.1) is 0 Å². The molecule has 5 heteroatoms. The first-order chi connectivity index (χ1) is 9.75. The van der Waals surface area contributed by atoms with Crippen LogP contribution in [-0.4, -0.2) is 22.2 Å². The highest BCUT2D eigenvalue weighted by Crippen LogP contribution is 2.08. The second-order valence-electron chi connectivity index (χ2n) is 4.72. The lowest BCUT2D eigenvalue weighted by Gasteiger charge is -2.06. The minimum atomic E-state index is -0.223. The highest BCUT2D eigenvalue weighted by atomic mass is 16.1. The Balaban J connectivity index is 1.70. The molecule has 0 saturated heterocycles. The maximum Gasteiger partial charge on any atom is 0.217 e. The summed E-state index contributed by atoms with van der Waals surface area (Å²) in [5, 5.41) is 7.54. The second-order valence-corrected chi connectivity index (χ2v) is 4.72. The van der Waals surface area contributed by atoms with E-state index in [-0.39, 0.29) is 5.91 Å². The largest absolute Gasteiger partial charge is 0.370 e. The van der Waals surface area contributed by atoms with E-state index in [2.05, 4.69) is 34.7 Å². The summed E-state index contributed by atoms with van der Waals surface area (Å²) in [5.74, 6) is -0.223. The normalized spacial score (nSPS) is 10.6. The highest BCUT2D eigenvalue weighted by Gasteiger charge is 1.98. The Kier molecular flexibility index (Phi) is 5.32. The summed E-state index contributed by atoms with van der Waals surface area (Å²) >= 11 is 0. The molecule has 0 bridgehead atoms. The summed E-state index contributed by atoms with van der Waals surface area (Å²) in [7, 11) is 0. The zero-order chi connectivity index (χ0) is 14.2. The van der Waals surface area contributed by atoms with E-state index in [0.717, 1.165) is 31.6 Å². The van der Waals surface area contributed by atoms with Crippen molar-refractivity contribution in [1.82, 2.24) is 15.1 Å². The van der Waals surface area contributed by atoms with Gasteiger partial charge < -0.3 is 11.1 Å². The van der Waals surface area contributed by atoms with Crippen molar-refractivity contribution in [2.45, 2.75) is 25.8 Å².